The van der Waals surface area contributed by atoms with Crippen molar-refractivity contribution in [1.29, 1.82) is 0 Å². The minimum atomic E-state index is -0.768. The van der Waals surface area contributed by atoms with Crippen LogP contribution >= 0.6 is 11.6 Å². The molecule has 4 aromatic carbocycles. The zero-order chi connectivity index (χ0) is 24.5. The molecule has 0 aliphatic carbocycles. The predicted molar refractivity (Wildman–Crippen MR) is 138 cm³/mol. The zero-order valence-corrected chi connectivity index (χ0v) is 19.7. The Balaban J connectivity index is 1.65. The van der Waals surface area contributed by atoms with E-state index in [0.29, 0.717) is 17.1 Å². The average Bonchev–Trinajstić information content (AvgIpc) is 2.85. The number of halogens is 1. The first-order valence-corrected chi connectivity index (χ1v) is 11.5. The summed E-state index contributed by atoms with van der Waals surface area (Å²) in [5, 5.41) is 4.81. The largest absolute Gasteiger partial charge is 0.335 e. The van der Waals surface area contributed by atoms with Crippen molar-refractivity contribution in [2.24, 2.45) is 0 Å². The molecule has 1 heterocycles. The van der Waals surface area contributed by atoms with Gasteiger partial charge in [0.1, 0.15) is 5.57 Å². The third-order valence-electron chi connectivity index (χ3n) is 6.08. The molecule has 0 saturated carbocycles. The second-order valence-corrected chi connectivity index (χ2v) is 8.83. The summed E-state index contributed by atoms with van der Waals surface area (Å²) in [5.41, 5.74) is 3.85. The first-order valence-electron chi connectivity index (χ1n) is 11.1. The van der Waals surface area contributed by atoms with Gasteiger partial charge in [-0.25, -0.2) is 9.69 Å². The molecule has 5 rings (SSSR count). The highest BCUT2D eigenvalue weighted by molar-refractivity contribution is 6.39. The number of carbonyl (C=O) groups excluding carboxylic acids is 3. The molecule has 0 spiro atoms. The van der Waals surface area contributed by atoms with Crippen molar-refractivity contribution in [3.05, 3.63) is 118 Å². The van der Waals surface area contributed by atoms with Crippen molar-refractivity contribution in [2.75, 3.05) is 4.90 Å². The molecule has 1 fully saturated rings. The number of carbonyl (C=O) groups is 3. The molecule has 1 aliphatic rings. The van der Waals surface area contributed by atoms with Crippen molar-refractivity contribution >= 4 is 52.0 Å². The van der Waals surface area contributed by atoms with E-state index in [0.717, 1.165) is 37.9 Å². The molecule has 4 amide bonds. The molecule has 1 aliphatic heterocycles. The van der Waals surface area contributed by atoms with E-state index in [-0.39, 0.29) is 5.57 Å². The van der Waals surface area contributed by atoms with Crippen molar-refractivity contribution < 1.29 is 14.4 Å². The molecule has 0 bridgehead atoms. The molecular weight excluding hydrogens is 460 g/mol. The topological polar surface area (TPSA) is 66.5 Å². The lowest BCUT2D eigenvalue weighted by molar-refractivity contribution is -0.122. The normalized spacial score (nSPS) is 15.1. The smallest absolute Gasteiger partial charge is 0.273 e. The van der Waals surface area contributed by atoms with Gasteiger partial charge >= 0.3 is 6.03 Å². The number of urea groups is 1. The van der Waals surface area contributed by atoms with Crippen LogP contribution in [0.1, 0.15) is 22.3 Å². The van der Waals surface area contributed by atoms with Crippen LogP contribution in [0.15, 0.2) is 90.5 Å². The highest BCUT2D eigenvalue weighted by Gasteiger charge is 2.37. The van der Waals surface area contributed by atoms with Gasteiger partial charge < -0.3 is 0 Å². The minimum Gasteiger partial charge on any atom is -0.273 e. The van der Waals surface area contributed by atoms with Gasteiger partial charge in [-0.15, -0.1) is 0 Å². The van der Waals surface area contributed by atoms with Crippen molar-refractivity contribution in [1.82, 2.24) is 5.32 Å². The number of rotatable bonds is 4. The maximum absolute atomic E-state index is 13.5. The summed E-state index contributed by atoms with van der Waals surface area (Å²) < 4.78 is 0. The number of imide groups is 2. The van der Waals surface area contributed by atoms with E-state index in [4.69, 9.17) is 11.6 Å². The van der Waals surface area contributed by atoms with Crippen LogP contribution in [0, 0.1) is 6.92 Å². The van der Waals surface area contributed by atoms with E-state index < -0.39 is 17.8 Å². The van der Waals surface area contributed by atoms with E-state index in [1.54, 1.807) is 18.2 Å². The van der Waals surface area contributed by atoms with Crippen molar-refractivity contribution in [2.45, 2.75) is 13.3 Å². The Morgan fingerprint density at radius 1 is 0.829 bits per heavy atom. The fourth-order valence-corrected chi connectivity index (χ4v) is 4.44. The molecule has 0 atom stereocenters. The van der Waals surface area contributed by atoms with E-state index in [1.807, 2.05) is 79.7 Å². The molecule has 0 radical (unpaired) electrons. The summed E-state index contributed by atoms with van der Waals surface area (Å²) in [6.07, 6.45) is 2.10. The zero-order valence-electron chi connectivity index (χ0n) is 18.9. The Morgan fingerprint density at radius 2 is 1.54 bits per heavy atom. The lowest BCUT2D eigenvalue weighted by Crippen LogP contribution is -2.54. The summed E-state index contributed by atoms with van der Waals surface area (Å²) >= 11 is 6.42. The fraction of sp³-hybridized carbons (Fsp3) is 0.0690. The highest BCUT2D eigenvalue weighted by atomic mass is 35.5. The van der Waals surface area contributed by atoms with E-state index in [1.165, 1.54) is 0 Å². The van der Waals surface area contributed by atoms with Crippen molar-refractivity contribution in [3.63, 3.8) is 0 Å². The van der Waals surface area contributed by atoms with Gasteiger partial charge in [0, 0.05) is 5.02 Å². The number of fused-ring (bicyclic) bond motifs is 1. The summed E-state index contributed by atoms with van der Waals surface area (Å²) in [6, 6.07) is 25.5. The maximum atomic E-state index is 13.5. The molecule has 1 N–H and O–H groups in total. The van der Waals surface area contributed by atoms with Crippen LogP contribution in [0.4, 0.5) is 10.5 Å². The second kappa shape index (κ2) is 9.20. The lowest BCUT2D eigenvalue weighted by Gasteiger charge is -2.26. The third-order valence-corrected chi connectivity index (χ3v) is 6.45. The lowest BCUT2D eigenvalue weighted by atomic mass is 9.92. The standard InChI is InChI=1S/C29H21ClN2O3/c1-18-10-14-22(15-11-18)32-28(34)25(27(33)31-29(32)35)17-24-20(16-21-7-3-5-9-26(21)30)13-12-19-6-2-4-8-23(19)24/h2-15,17H,16H2,1H3,(H,31,33,35)/b25-17+. The molecule has 0 unspecified atom stereocenters. The maximum Gasteiger partial charge on any atom is 0.335 e. The van der Waals surface area contributed by atoms with Crippen LogP contribution in [0.25, 0.3) is 16.8 Å². The first-order chi connectivity index (χ1) is 16.9. The Labute approximate surface area is 207 Å². The van der Waals surface area contributed by atoms with Crippen LogP contribution in [-0.4, -0.2) is 17.8 Å². The van der Waals surface area contributed by atoms with E-state index in [9.17, 15) is 14.4 Å². The molecule has 0 aromatic heterocycles. The quantitative estimate of drug-likeness (QED) is 0.285. The van der Waals surface area contributed by atoms with Crippen LogP contribution in [0.5, 0.6) is 0 Å². The van der Waals surface area contributed by atoms with Crippen LogP contribution in [-0.2, 0) is 16.0 Å². The average molecular weight is 481 g/mol. The molecule has 1 saturated heterocycles. The predicted octanol–water partition coefficient (Wildman–Crippen LogP) is 6.06. The summed E-state index contributed by atoms with van der Waals surface area (Å²) in [4.78, 5) is 39.9. The highest BCUT2D eigenvalue weighted by Crippen LogP contribution is 2.30. The van der Waals surface area contributed by atoms with E-state index >= 15 is 0 Å². The van der Waals surface area contributed by atoms with Gasteiger partial charge in [0.25, 0.3) is 11.8 Å². The molecule has 5 nitrogen and oxygen atoms in total. The monoisotopic (exact) mass is 480 g/mol. The van der Waals surface area contributed by atoms with Gasteiger partial charge in [0.15, 0.2) is 0 Å². The SMILES string of the molecule is Cc1ccc(N2C(=O)NC(=O)/C(=C\c3c(Cc4ccccc4Cl)ccc4ccccc34)C2=O)cc1. The number of hydrogen-bond acceptors (Lipinski definition) is 3. The summed E-state index contributed by atoms with van der Waals surface area (Å²) in [5.74, 6) is -1.39. The molecule has 6 heteroatoms. The van der Waals surface area contributed by atoms with E-state index in [2.05, 4.69) is 5.32 Å². The number of anilines is 1. The number of benzene rings is 4. The van der Waals surface area contributed by atoms with Crippen LogP contribution in [0.3, 0.4) is 0 Å². The molecule has 4 aromatic rings. The number of aryl methyl sites for hydroxylation is 1. The van der Waals surface area contributed by atoms with Gasteiger partial charge in [-0.2, -0.15) is 0 Å². The molecule has 172 valence electrons. The van der Waals surface area contributed by atoms with Gasteiger partial charge in [-0.1, -0.05) is 83.9 Å². The van der Waals surface area contributed by atoms with Crippen LogP contribution in [0.2, 0.25) is 5.02 Å². The van der Waals surface area contributed by atoms with Gasteiger partial charge in [0.2, 0.25) is 0 Å². The van der Waals surface area contributed by atoms with Crippen molar-refractivity contribution in [3.8, 4) is 0 Å². The van der Waals surface area contributed by atoms with Crippen LogP contribution < -0.4 is 10.2 Å². The third kappa shape index (κ3) is 4.34. The Hall–Kier alpha value is -4.22. The Bertz CT molecular complexity index is 1520. The summed E-state index contributed by atoms with van der Waals surface area (Å²) in [7, 11) is 0. The fourth-order valence-electron chi connectivity index (χ4n) is 4.24. The molecule has 35 heavy (non-hydrogen) atoms. The Kier molecular flexibility index (Phi) is 5.93. The number of barbiturate groups is 1. The van der Waals surface area contributed by atoms with Gasteiger partial charge in [-0.05, 0) is 65.1 Å². The first kappa shape index (κ1) is 22.6. The summed E-state index contributed by atoms with van der Waals surface area (Å²) in [6.45, 7) is 1.91. The molecular formula is C29H21ClN2O3. The second-order valence-electron chi connectivity index (χ2n) is 8.42. The number of nitrogens with zero attached hydrogens (tertiary/aromatic N) is 1. The number of amides is 4. The minimum absolute atomic E-state index is 0.109. The van der Waals surface area contributed by atoms with Gasteiger partial charge in [0.05, 0.1) is 5.69 Å². The number of hydrogen-bond donors (Lipinski definition) is 1. The van der Waals surface area contributed by atoms with Gasteiger partial charge in [-0.3, -0.25) is 14.9 Å². The number of nitrogens with one attached hydrogen (secondary N) is 1. The Morgan fingerprint density at radius 3 is 2.31 bits per heavy atom.